The first kappa shape index (κ1) is 13.3. The maximum atomic E-state index is 13.8. The van der Waals surface area contributed by atoms with Crippen molar-refractivity contribution in [2.75, 3.05) is 13.2 Å². The number of halogens is 1. The maximum Gasteiger partial charge on any atom is 0.232 e. The molecule has 0 N–H and O–H groups in total. The summed E-state index contributed by atoms with van der Waals surface area (Å²) in [4.78, 5) is 14.9. The average molecular weight is 309 g/mol. The molecule has 2 aliphatic heterocycles. The van der Waals surface area contributed by atoms with Crippen molar-refractivity contribution in [2.24, 2.45) is 0 Å². The quantitative estimate of drug-likeness (QED) is 0.747. The highest BCUT2D eigenvalue weighted by atomic mass is 19.1. The van der Waals surface area contributed by atoms with Crippen molar-refractivity contribution < 1.29 is 13.9 Å². The topological polar surface area (TPSA) is 29.5 Å². The van der Waals surface area contributed by atoms with E-state index in [1.54, 1.807) is 6.07 Å². The molecule has 1 aliphatic carbocycles. The van der Waals surface area contributed by atoms with Crippen molar-refractivity contribution >= 4 is 5.91 Å². The van der Waals surface area contributed by atoms with E-state index in [1.165, 1.54) is 6.07 Å². The molecule has 3 nitrogen and oxygen atoms in total. The molecule has 116 valence electrons. The van der Waals surface area contributed by atoms with Crippen LogP contribution >= 0.6 is 0 Å². The Morgan fingerprint density at radius 2 is 1.96 bits per heavy atom. The van der Waals surface area contributed by atoms with Crippen LogP contribution in [0, 0.1) is 5.82 Å². The van der Waals surface area contributed by atoms with E-state index in [-0.39, 0.29) is 29.8 Å². The summed E-state index contributed by atoms with van der Waals surface area (Å²) in [6.45, 7) is 1.28. The molecule has 0 unspecified atom stereocenters. The van der Waals surface area contributed by atoms with Gasteiger partial charge in [0.2, 0.25) is 5.91 Å². The van der Waals surface area contributed by atoms with Gasteiger partial charge in [0.05, 0.1) is 12.5 Å². The van der Waals surface area contributed by atoms with Crippen molar-refractivity contribution in [3.63, 3.8) is 0 Å². The molecule has 2 saturated heterocycles. The third-order valence-corrected chi connectivity index (χ3v) is 5.40. The van der Waals surface area contributed by atoms with Crippen molar-refractivity contribution in [3.8, 4) is 11.1 Å². The molecular weight excluding hydrogens is 293 g/mol. The number of rotatable bonds is 0. The summed E-state index contributed by atoms with van der Waals surface area (Å²) in [5, 5.41) is 0. The van der Waals surface area contributed by atoms with Gasteiger partial charge < -0.3 is 9.64 Å². The van der Waals surface area contributed by atoms with E-state index in [9.17, 15) is 9.18 Å². The summed E-state index contributed by atoms with van der Waals surface area (Å²) in [5.74, 6) is -0.210. The van der Waals surface area contributed by atoms with Crippen LogP contribution in [0.2, 0.25) is 0 Å². The lowest BCUT2D eigenvalue weighted by molar-refractivity contribution is -0.143. The second-order valence-electron chi connectivity index (χ2n) is 6.50. The molecule has 0 aromatic heterocycles. The van der Waals surface area contributed by atoms with Gasteiger partial charge in [-0.05, 0) is 34.4 Å². The third kappa shape index (κ3) is 1.75. The zero-order valence-corrected chi connectivity index (χ0v) is 12.5. The fourth-order valence-corrected chi connectivity index (χ4v) is 4.43. The Balaban J connectivity index is 1.75. The number of fused-ring (bicyclic) bond motifs is 7. The highest BCUT2D eigenvalue weighted by Crippen LogP contribution is 2.52. The van der Waals surface area contributed by atoms with Crippen LogP contribution in [0.5, 0.6) is 0 Å². The lowest BCUT2D eigenvalue weighted by Crippen LogP contribution is -2.47. The summed E-state index contributed by atoms with van der Waals surface area (Å²) < 4.78 is 19.5. The van der Waals surface area contributed by atoms with Crippen molar-refractivity contribution in [3.05, 3.63) is 59.4 Å². The van der Waals surface area contributed by atoms with Crippen LogP contribution in [0.15, 0.2) is 42.5 Å². The Labute approximate surface area is 133 Å². The smallest absolute Gasteiger partial charge is 0.232 e. The number of benzene rings is 2. The number of carbonyl (C=O) groups excluding carboxylic acids is 1. The van der Waals surface area contributed by atoms with Crippen molar-refractivity contribution in [2.45, 2.75) is 24.5 Å². The van der Waals surface area contributed by atoms with Gasteiger partial charge >= 0.3 is 0 Å². The van der Waals surface area contributed by atoms with Crippen LogP contribution in [0.3, 0.4) is 0 Å². The van der Waals surface area contributed by atoms with E-state index < -0.39 is 0 Å². The van der Waals surface area contributed by atoms with Gasteiger partial charge in [-0.25, -0.2) is 4.39 Å². The van der Waals surface area contributed by atoms with Gasteiger partial charge in [0, 0.05) is 18.9 Å². The minimum absolute atomic E-state index is 0.0624. The lowest BCUT2D eigenvalue weighted by Gasteiger charge is -2.43. The summed E-state index contributed by atoms with van der Waals surface area (Å²) in [5.41, 5.74) is 3.99. The summed E-state index contributed by atoms with van der Waals surface area (Å²) in [6, 6.07) is 12.8. The molecular formula is C19H16FNO2. The molecule has 1 amide bonds. The minimum Gasteiger partial charge on any atom is -0.356 e. The molecule has 23 heavy (non-hydrogen) atoms. The fourth-order valence-electron chi connectivity index (χ4n) is 4.43. The number of ether oxygens (including phenoxy) is 1. The SMILES string of the molecule is O=C1[C@H]2c3ccccc3-c3cc(F)ccc3[C@H]2C[C@H]2OCCN12. The number of nitrogens with zero attached hydrogens (tertiary/aromatic N) is 1. The Morgan fingerprint density at radius 1 is 1.09 bits per heavy atom. The first-order valence-corrected chi connectivity index (χ1v) is 8.05. The van der Waals surface area contributed by atoms with E-state index >= 15 is 0 Å². The fraction of sp³-hybridized carbons (Fsp3) is 0.316. The summed E-state index contributed by atoms with van der Waals surface area (Å²) in [6.07, 6.45) is 0.649. The Hall–Kier alpha value is -2.20. The zero-order chi connectivity index (χ0) is 15.6. The molecule has 2 aromatic rings. The number of carbonyl (C=O) groups is 1. The molecule has 5 rings (SSSR count). The van der Waals surface area contributed by atoms with Crippen LogP contribution in [-0.2, 0) is 9.53 Å². The number of hydrogen-bond donors (Lipinski definition) is 0. The van der Waals surface area contributed by atoms with Gasteiger partial charge in [-0.2, -0.15) is 0 Å². The molecule has 4 heteroatoms. The minimum atomic E-state index is -0.238. The lowest BCUT2D eigenvalue weighted by atomic mass is 9.68. The Bertz CT molecular complexity index is 819. The molecule has 2 heterocycles. The highest BCUT2D eigenvalue weighted by molar-refractivity contribution is 5.92. The highest BCUT2D eigenvalue weighted by Gasteiger charge is 2.48. The van der Waals surface area contributed by atoms with Crippen LogP contribution in [-0.4, -0.2) is 30.2 Å². The standard InChI is InChI=1S/C19H16FNO2/c20-11-5-6-13-15(9-11)12-3-1-2-4-14(12)18-16(13)10-17-21(19(18)22)7-8-23-17/h1-6,9,16-18H,7-8,10H2/t16-,17-,18+/m1/s1. The van der Waals surface area contributed by atoms with Crippen molar-refractivity contribution in [1.29, 1.82) is 0 Å². The van der Waals surface area contributed by atoms with Crippen LogP contribution < -0.4 is 0 Å². The normalized spacial score (nSPS) is 28.0. The molecule has 0 spiro atoms. The third-order valence-electron chi connectivity index (χ3n) is 5.40. The molecule has 2 fully saturated rings. The summed E-state index contributed by atoms with van der Waals surface area (Å²) in [7, 11) is 0. The van der Waals surface area contributed by atoms with Gasteiger partial charge in [-0.15, -0.1) is 0 Å². The van der Waals surface area contributed by atoms with E-state index in [2.05, 4.69) is 0 Å². The molecule has 0 saturated carbocycles. The number of piperidine rings is 1. The summed E-state index contributed by atoms with van der Waals surface area (Å²) >= 11 is 0. The Kier molecular flexibility index (Phi) is 2.68. The molecule has 0 bridgehead atoms. The molecule has 0 radical (unpaired) electrons. The van der Waals surface area contributed by atoms with Gasteiger partial charge in [-0.3, -0.25) is 4.79 Å². The van der Waals surface area contributed by atoms with Crippen LogP contribution in [0.1, 0.15) is 29.4 Å². The van der Waals surface area contributed by atoms with Gasteiger partial charge in [0.15, 0.2) is 0 Å². The first-order valence-electron chi connectivity index (χ1n) is 8.05. The number of amides is 1. The van der Waals surface area contributed by atoms with E-state index in [0.29, 0.717) is 13.2 Å². The van der Waals surface area contributed by atoms with Gasteiger partial charge in [0.1, 0.15) is 12.0 Å². The van der Waals surface area contributed by atoms with E-state index in [1.807, 2.05) is 35.2 Å². The molecule has 3 atom stereocenters. The second kappa shape index (κ2) is 4.65. The first-order chi connectivity index (χ1) is 11.2. The predicted octanol–water partition coefficient (Wildman–Crippen LogP) is 3.26. The molecule has 2 aromatic carbocycles. The van der Waals surface area contributed by atoms with Crippen molar-refractivity contribution in [1.82, 2.24) is 4.90 Å². The predicted molar refractivity (Wildman–Crippen MR) is 83.4 cm³/mol. The second-order valence-corrected chi connectivity index (χ2v) is 6.50. The van der Waals surface area contributed by atoms with Crippen LogP contribution in [0.25, 0.3) is 11.1 Å². The van der Waals surface area contributed by atoms with Gasteiger partial charge in [-0.1, -0.05) is 30.3 Å². The van der Waals surface area contributed by atoms with Crippen LogP contribution in [0.4, 0.5) is 4.39 Å². The van der Waals surface area contributed by atoms with E-state index in [4.69, 9.17) is 4.74 Å². The largest absolute Gasteiger partial charge is 0.356 e. The van der Waals surface area contributed by atoms with Gasteiger partial charge in [0.25, 0.3) is 0 Å². The monoisotopic (exact) mass is 309 g/mol. The average Bonchev–Trinajstić information content (AvgIpc) is 3.04. The zero-order valence-electron chi connectivity index (χ0n) is 12.5. The Morgan fingerprint density at radius 3 is 2.87 bits per heavy atom. The van der Waals surface area contributed by atoms with E-state index in [0.717, 1.165) is 28.7 Å². The maximum absolute atomic E-state index is 13.8. The molecule has 3 aliphatic rings. The number of hydrogen-bond acceptors (Lipinski definition) is 2.